The van der Waals surface area contributed by atoms with Gasteiger partial charge in [0.05, 0.1) is 0 Å². The van der Waals surface area contributed by atoms with E-state index in [9.17, 15) is 0 Å². The highest BCUT2D eigenvalue weighted by atomic mass is 16.5. The third-order valence-corrected chi connectivity index (χ3v) is 3.43. The van der Waals surface area contributed by atoms with Crippen LogP contribution in [0.4, 0.5) is 5.69 Å². The fourth-order valence-electron chi connectivity index (χ4n) is 2.54. The Morgan fingerprint density at radius 1 is 1.31 bits per heavy atom. The highest BCUT2D eigenvalue weighted by molar-refractivity contribution is 5.61. The van der Waals surface area contributed by atoms with Crippen LogP contribution in [0.1, 0.15) is 18.4 Å². The highest BCUT2D eigenvalue weighted by Crippen LogP contribution is 2.31. The van der Waals surface area contributed by atoms with Gasteiger partial charge in [0.1, 0.15) is 12.4 Å². The minimum Gasteiger partial charge on any atom is -0.492 e. The summed E-state index contributed by atoms with van der Waals surface area (Å²) in [6, 6.07) is 6.82. The molecule has 1 fully saturated rings. The van der Waals surface area contributed by atoms with Gasteiger partial charge in [0.15, 0.2) is 0 Å². The van der Waals surface area contributed by atoms with E-state index in [2.05, 4.69) is 28.8 Å². The Bertz CT molecular complexity index is 372. The number of benzene rings is 1. The summed E-state index contributed by atoms with van der Waals surface area (Å²) < 4.78 is 5.93. The Hall–Kier alpha value is -1.22. The molecule has 1 atom stereocenters. The van der Waals surface area contributed by atoms with E-state index in [-0.39, 0.29) is 0 Å². The summed E-state index contributed by atoms with van der Waals surface area (Å²) in [5, 5.41) is 6.83. The Morgan fingerprint density at radius 2 is 2.31 bits per heavy atom. The molecule has 3 nitrogen and oxygen atoms in total. The third kappa shape index (κ3) is 1.87. The number of anilines is 1. The van der Waals surface area contributed by atoms with Crippen molar-refractivity contribution in [2.24, 2.45) is 0 Å². The molecule has 2 heterocycles. The summed E-state index contributed by atoms with van der Waals surface area (Å²) in [7, 11) is 0. The van der Waals surface area contributed by atoms with Crippen molar-refractivity contribution in [3.05, 3.63) is 23.8 Å². The van der Waals surface area contributed by atoms with Crippen LogP contribution in [0.25, 0.3) is 0 Å². The highest BCUT2D eigenvalue weighted by Gasteiger charge is 2.18. The molecule has 16 heavy (non-hydrogen) atoms. The number of rotatable bonds is 3. The summed E-state index contributed by atoms with van der Waals surface area (Å²) in [4.78, 5) is 0. The molecule has 1 saturated heterocycles. The Kier molecular flexibility index (Phi) is 2.70. The first-order chi connectivity index (χ1) is 7.93. The van der Waals surface area contributed by atoms with E-state index < -0.39 is 0 Å². The molecular formula is C13H18N2O. The van der Waals surface area contributed by atoms with Crippen LogP contribution in [0.15, 0.2) is 18.2 Å². The van der Waals surface area contributed by atoms with Crippen LogP contribution in [-0.4, -0.2) is 25.7 Å². The van der Waals surface area contributed by atoms with Gasteiger partial charge in [0, 0.05) is 23.8 Å². The molecule has 2 aliphatic rings. The van der Waals surface area contributed by atoms with Gasteiger partial charge in [0.25, 0.3) is 0 Å². The van der Waals surface area contributed by atoms with Gasteiger partial charge in [-0.2, -0.15) is 0 Å². The standard InChI is InChI=1S/C13H18N2O/c1-4-12-11(6-8-15-12)13(5-1)16-9-10-3-2-7-14-10/h1,4-5,10,14-15H,2-3,6-9H2. The Balaban J connectivity index is 1.67. The molecule has 2 N–H and O–H groups in total. The van der Waals surface area contributed by atoms with Crippen molar-refractivity contribution in [1.29, 1.82) is 0 Å². The van der Waals surface area contributed by atoms with Crippen molar-refractivity contribution >= 4 is 5.69 Å². The summed E-state index contributed by atoms with van der Waals surface area (Å²) in [6.45, 7) is 2.98. The lowest BCUT2D eigenvalue weighted by Gasteiger charge is -2.14. The van der Waals surface area contributed by atoms with E-state index in [1.807, 2.05) is 0 Å². The second-order valence-corrected chi connectivity index (χ2v) is 4.56. The molecule has 1 aromatic rings. The zero-order chi connectivity index (χ0) is 10.8. The quantitative estimate of drug-likeness (QED) is 0.811. The number of fused-ring (bicyclic) bond motifs is 1. The van der Waals surface area contributed by atoms with Crippen molar-refractivity contribution in [3.8, 4) is 5.75 Å². The van der Waals surface area contributed by atoms with Gasteiger partial charge in [-0.05, 0) is 37.9 Å². The predicted octanol–water partition coefficient (Wildman–Crippen LogP) is 1.79. The molecule has 86 valence electrons. The molecule has 0 spiro atoms. The maximum atomic E-state index is 5.93. The van der Waals surface area contributed by atoms with Crippen molar-refractivity contribution in [2.45, 2.75) is 25.3 Å². The average molecular weight is 218 g/mol. The molecule has 0 saturated carbocycles. The van der Waals surface area contributed by atoms with E-state index in [0.29, 0.717) is 6.04 Å². The number of ether oxygens (including phenoxy) is 1. The zero-order valence-corrected chi connectivity index (χ0v) is 9.46. The third-order valence-electron chi connectivity index (χ3n) is 3.43. The van der Waals surface area contributed by atoms with Gasteiger partial charge < -0.3 is 15.4 Å². The fraction of sp³-hybridized carbons (Fsp3) is 0.538. The van der Waals surface area contributed by atoms with Crippen molar-refractivity contribution < 1.29 is 4.74 Å². The largest absolute Gasteiger partial charge is 0.492 e. The minimum atomic E-state index is 0.546. The van der Waals surface area contributed by atoms with Gasteiger partial charge in [-0.15, -0.1) is 0 Å². The fourth-order valence-corrected chi connectivity index (χ4v) is 2.54. The van der Waals surface area contributed by atoms with Crippen LogP contribution < -0.4 is 15.4 Å². The van der Waals surface area contributed by atoms with Crippen molar-refractivity contribution in [3.63, 3.8) is 0 Å². The first kappa shape index (κ1) is 9.97. The lowest BCUT2D eigenvalue weighted by atomic mass is 10.1. The Morgan fingerprint density at radius 3 is 3.19 bits per heavy atom. The van der Waals surface area contributed by atoms with Crippen LogP contribution in [0.3, 0.4) is 0 Å². The average Bonchev–Trinajstić information content (AvgIpc) is 2.97. The van der Waals surface area contributed by atoms with Gasteiger partial charge in [-0.1, -0.05) is 6.07 Å². The van der Waals surface area contributed by atoms with Crippen molar-refractivity contribution in [2.75, 3.05) is 25.0 Å². The molecule has 1 unspecified atom stereocenters. The van der Waals surface area contributed by atoms with E-state index in [0.717, 1.165) is 31.9 Å². The van der Waals surface area contributed by atoms with Gasteiger partial charge in [-0.25, -0.2) is 0 Å². The van der Waals surface area contributed by atoms with E-state index in [1.54, 1.807) is 0 Å². The van der Waals surface area contributed by atoms with E-state index in [1.165, 1.54) is 24.1 Å². The molecule has 0 radical (unpaired) electrons. The molecule has 2 aliphatic heterocycles. The minimum absolute atomic E-state index is 0.546. The predicted molar refractivity (Wildman–Crippen MR) is 65.2 cm³/mol. The van der Waals surface area contributed by atoms with Gasteiger partial charge >= 0.3 is 0 Å². The number of hydrogen-bond acceptors (Lipinski definition) is 3. The normalized spacial score (nSPS) is 22.9. The molecule has 0 aromatic heterocycles. The lowest BCUT2D eigenvalue weighted by molar-refractivity contribution is 0.275. The molecule has 0 bridgehead atoms. The maximum Gasteiger partial charge on any atom is 0.124 e. The van der Waals surface area contributed by atoms with Crippen LogP contribution in [-0.2, 0) is 6.42 Å². The lowest BCUT2D eigenvalue weighted by Crippen LogP contribution is -2.28. The maximum absolute atomic E-state index is 5.93. The summed E-state index contributed by atoms with van der Waals surface area (Å²) in [6.07, 6.45) is 3.61. The summed E-state index contributed by atoms with van der Waals surface area (Å²) >= 11 is 0. The number of nitrogens with one attached hydrogen (secondary N) is 2. The first-order valence-electron chi connectivity index (χ1n) is 6.15. The molecule has 0 amide bonds. The zero-order valence-electron chi connectivity index (χ0n) is 9.46. The SMILES string of the molecule is c1cc2c(c(OCC3CCCN3)c1)CCN2. The first-order valence-corrected chi connectivity index (χ1v) is 6.15. The molecular weight excluding hydrogens is 200 g/mol. The van der Waals surface area contributed by atoms with Gasteiger partial charge in [0.2, 0.25) is 0 Å². The summed E-state index contributed by atoms with van der Waals surface area (Å²) in [5.74, 6) is 1.07. The van der Waals surface area contributed by atoms with Gasteiger partial charge in [-0.3, -0.25) is 0 Å². The number of hydrogen-bond donors (Lipinski definition) is 2. The topological polar surface area (TPSA) is 33.3 Å². The molecule has 3 heteroatoms. The van der Waals surface area contributed by atoms with E-state index >= 15 is 0 Å². The van der Waals surface area contributed by atoms with Crippen LogP contribution >= 0.6 is 0 Å². The second kappa shape index (κ2) is 4.34. The van der Waals surface area contributed by atoms with Crippen LogP contribution in [0, 0.1) is 0 Å². The van der Waals surface area contributed by atoms with Crippen LogP contribution in [0.5, 0.6) is 5.75 Å². The second-order valence-electron chi connectivity index (χ2n) is 4.56. The van der Waals surface area contributed by atoms with E-state index in [4.69, 9.17) is 4.74 Å². The van der Waals surface area contributed by atoms with Crippen molar-refractivity contribution in [1.82, 2.24) is 5.32 Å². The van der Waals surface area contributed by atoms with Crippen LogP contribution in [0.2, 0.25) is 0 Å². The smallest absolute Gasteiger partial charge is 0.124 e. The molecule has 3 rings (SSSR count). The molecule has 1 aromatic carbocycles. The summed E-state index contributed by atoms with van der Waals surface area (Å²) in [5.41, 5.74) is 2.59. The molecule has 0 aliphatic carbocycles. The Labute approximate surface area is 96.2 Å². The monoisotopic (exact) mass is 218 g/mol.